The highest BCUT2D eigenvalue weighted by Crippen LogP contribution is 2.36. The number of alkyl halides is 3. The molecule has 4 rings (SSSR count). The van der Waals surface area contributed by atoms with Gasteiger partial charge in [0.15, 0.2) is 11.5 Å². The average Bonchev–Trinajstić information content (AvgIpc) is 3.30. The van der Waals surface area contributed by atoms with Crippen LogP contribution in [0.3, 0.4) is 0 Å². The standard InChI is InChI=1S/C24H24F3N5O5/c1-30-12-14-31(15-13-30)11-10-28-22(33)20-21(18-4-2-3-5-19(18)32(34)35)36-23(29-20)16-6-8-17(9-7-16)37-24(25,26)27/h2-9H,10-15H2,1H3,(H,28,33). The highest BCUT2D eigenvalue weighted by molar-refractivity contribution is 5.99. The molecule has 0 spiro atoms. The predicted molar refractivity (Wildman–Crippen MR) is 127 cm³/mol. The van der Waals surface area contributed by atoms with Crippen LogP contribution in [-0.4, -0.2) is 78.3 Å². The summed E-state index contributed by atoms with van der Waals surface area (Å²) in [4.78, 5) is 32.8. The van der Waals surface area contributed by atoms with Gasteiger partial charge in [0.2, 0.25) is 5.89 Å². The van der Waals surface area contributed by atoms with E-state index in [9.17, 15) is 28.1 Å². The van der Waals surface area contributed by atoms with Crippen molar-refractivity contribution in [3.8, 4) is 28.5 Å². The van der Waals surface area contributed by atoms with Gasteiger partial charge in [0, 0.05) is 50.9 Å². The number of benzene rings is 2. The van der Waals surface area contributed by atoms with Crippen LogP contribution in [0.25, 0.3) is 22.8 Å². The Bertz CT molecular complexity index is 1250. The maximum absolute atomic E-state index is 13.1. The molecule has 0 saturated carbocycles. The molecule has 2 heterocycles. The number of nitrogens with one attached hydrogen (secondary N) is 1. The molecule has 10 nitrogen and oxygen atoms in total. The smallest absolute Gasteiger partial charge is 0.435 e. The van der Waals surface area contributed by atoms with Crippen LogP contribution in [0.4, 0.5) is 18.9 Å². The lowest BCUT2D eigenvalue weighted by molar-refractivity contribution is -0.384. The van der Waals surface area contributed by atoms with Gasteiger partial charge in [-0.15, -0.1) is 13.2 Å². The molecule has 2 aromatic carbocycles. The van der Waals surface area contributed by atoms with Crippen molar-refractivity contribution in [1.82, 2.24) is 20.1 Å². The Balaban J connectivity index is 1.60. The second kappa shape index (κ2) is 11.0. The minimum atomic E-state index is -4.85. The highest BCUT2D eigenvalue weighted by Gasteiger charge is 2.31. The molecule has 37 heavy (non-hydrogen) atoms. The molecule has 13 heteroatoms. The third-order valence-corrected chi connectivity index (χ3v) is 5.83. The number of carbonyl (C=O) groups excluding carboxylic acids is 1. The average molecular weight is 519 g/mol. The summed E-state index contributed by atoms with van der Waals surface area (Å²) in [6.45, 7) is 4.53. The third kappa shape index (κ3) is 6.62. The summed E-state index contributed by atoms with van der Waals surface area (Å²) in [6.07, 6.45) is -4.85. The Morgan fingerprint density at radius 3 is 2.46 bits per heavy atom. The molecule has 0 radical (unpaired) electrons. The molecule has 3 aromatic rings. The summed E-state index contributed by atoms with van der Waals surface area (Å²) in [7, 11) is 2.04. The molecular formula is C24H24F3N5O5. The Hall–Kier alpha value is -3.97. The molecule has 1 aromatic heterocycles. The maximum Gasteiger partial charge on any atom is 0.573 e. The van der Waals surface area contributed by atoms with Crippen LogP contribution in [0.5, 0.6) is 5.75 Å². The predicted octanol–water partition coefficient (Wildman–Crippen LogP) is 3.79. The number of para-hydroxylation sites is 1. The molecule has 196 valence electrons. The van der Waals surface area contributed by atoms with Crippen molar-refractivity contribution in [2.24, 2.45) is 0 Å². The minimum Gasteiger partial charge on any atom is -0.435 e. The number of nitro groups is 1. The van der Waals surface area contributed by atoms with Crippen LogP contribution in [0, 0.1) is 10.1 Å². The number of amides is 1. The number of halogens is 3. The van der Waals surface area contributed by atoms with Crippen molar-refractivity contribution in [3.05, 3.63) is 64.3 Å². The zero-order valence-corrected chi connectivity index (χ0v) is 19.8. The van der Waals surface area contributed by atoms with E-state index in [4.69, 9.17) is 4.42 Å². The highest BCUT2D eigenvalue weighted by atomic mass is 19.4. The first kappa shape index (κ1) is 26.1. The van der Waals surface area contributed by atoms with Gasteiger partial charge >= 0.3 is 6.36 Å². The first-order valence-corrected chi connectivity index (χ1v) is 11.4. The SMILES string of the molecule is CN1CCN(CCNC(=O)c2nc(-c3ccc(OC(F)(F)F)cc3)oc2-c2ccccc2[N+](=O)[O-])CC1. The number of nitro benzene ring substituents is 1. The number of ether oxygens (including phenoxy) is 1. The van der Waals surface area contributed by atoms with Crippen molar-refractivity contribution in [3.63, 3.8) is 0 Å². The Kier molecular flexibility index (Phi) is 7.74. The lowest BCUT2D eigenvalue weighted by Gasteiger charge is -2.32. The molecule has 1 aliphatic rings. The van der Waals surface area contributed by atoms with Gasteiger partial charge in [-0.2, -0.15) is 0 Å². The molecule has 1 amide bonds. The fraction of sp³-hybridized carbons (Fsp3) is 0.333. The monoisotopic (exact) mass is 519 g/mol. The molecular weight excluding hydrogens is 495 g/mol. The summed E-state index contributed by atoms with van der Waals surface area (Å²) in [6, 6.07) is 10.5. The molecule has 0 bridgehead atoms. The van der Waals surface area contributed by atoms with E-state index in [0.29, 0.717) is 13.1 Å². The summed E-state index contributed by atoms with van der Waals surface area (Å²) < 4.78 is 47.1. The van der Waals surface area contributed by atoms with E-state index < -0.39 is 22.9 Å². The minimum absolute atomic E-state index is 0.0486. The quantitative estimate of drug-likeness (QED) is 0.353. The molecule has 1 fully saturated rings. The number of carbonyl (C=O) groups is 1. The second-order valence-corrected chi connectivity index (χ2v) is 8.44. The van der Waals surface area contributed by atoms with Crippen molar-refractivity contribution in [1.29, 1.82) is 0 Å². The Morgan fingerprint density at radius 2 is 1.81 bits per heavy atom. The van der Waals surface area contributed by atoms with E-state index >= 15 is 0 Å². The summed E-state index contributed by atoms with van der Waals surface area (Å²) in [5.41, 5.74) is -0.151. The fourth-order valence-electron chi connectivity index (χ4n) is 3.89. The number of nitrogens with zero attached hydrogens (tertiary/aromatic N) is 4. The molecule has 0 atom stereocenters. The van der Waals surface area contributed by atoms with E-state index in [0.717, 1.165) is 38.3 Å². The van der Waals surface area contributed by atoms with Gasteiger partial charge in [-0.1, -0.05) is 12.1 Å². The molecule has 1 saturated heterocycles. The van der Waals surface area contributed by atoms with Crippen LogP contribution in [0.15, 0.2) is 52.9 Å². The summed E-state index contributed by atoms with van der Waals surface area (Å²) in [5.74, 6) is -1.23. The van der Waals surface area contributed by atoms with Crippen LogP contribution in [-0.2, 0) is 0 Å². The van der Waals surface area contributed by atoms with Crippen LogP contribution < -0.4 is 10.1 Å². The number of oxazole rings is 1. The number of aromatic nitrogens is 1. The number of likely N-dealkylation sites (N-methyl/N-ethyl adjacent to an activating group) is 1. The topological polar surface area (TPSA) is 114 Å². The van der Waals surface area contributed by atoms with Gasteiger partial charge in [-0.25, -0.2) is 4.98 Å². The first-order chi connectivity index (χ1) is 17.6. The van der Waals surface area contributed by atoms with E-state index in [1.165, 1.54) is 30.3 Å². The molecule has 0 unspecified atom stereocenters. The van der Waals surface area contributed by atoms with Crippen molar-refractivity contribution < 1.29 is 32.0 Å². The van der Waals surface area contributed by atoms with E-state index in [2.05, 4.69) is 24.8 Å². The van der Waals surface area contributed by atoms with Crippen LogP contribution in [0.1, 0.15) is 10.5 Å². The Morgan fingerprint density at radius 1 is 1.14 bits per heavy atom. The zero-order valence-electron chi connectivity index (χ0n) is 19.8. The van der Waals surface area contributed by atoms with Gasteiger partial charge in [0.1, 0.15) is 5.75 Å². The first-order valence-electron chi connectivity index (χ1n) is 11.4. The normalized spacial score (nSPS) is 14.9. The van der Waals surface area contributed by atoms with Crippen molar-refractivity contribution in [2.75, 3.05) is 46.3 Å². The van der Waals surface area contributed by atoms with E-state index in [1.807, 2.05) is 7.05 Å². The fourth-order valence-corrected chi connectivity index (χ4v) is 3.89. The number of rotatable bonds is 8. The molecule has 1 N–H and O–H groups in total. The molecule has 0 aliphatic carbocycles. The number of hydrogen-bond donors (Lipinski definition) is 1. The zero-order chi connectivity index (χ0) is 26.6. The van der Waals surface area contributed by atoms with Crippen LogP contribution in [0.2, 0.25) is 0 Å². The third-order valence-electron chi connectivity index (χ3n) is 5.83. The summed E-state index contributed by atoms with van der Waals surface area (Å²) in [5, 5.41) is 14.4. The Labute approximate surface area is 209 Å². The van der Waals surface area contributed by atoms with Gasteiger partial charge in [-0.3, -0.25) is 19.8 Å². The molecule has 1 aliphatic heterocycles. The lowest BCUT2D eigenvalue weighted by Crippen LogP contribution is -2.46. The van der Waals surface area contributed by atoms with Gasteiger partial charge < -0.3 is 19.4 Å². The van der Waals surface area contributed by atoms with E-state index in [1.54, 1.807) is 6.07 Å². The van der Waals surface area contributed by atoms with Gasteiger partial charge in [-0.05, 0) is 37.4 Å². The largest absolute Gasteiger partial charge is 0.573 e. The van der Waals surface area contributed by atoms with Gasteiger partial charge in [0.25, 0.3) is 11.6 Å². The maximum atomic E-state index is 13.1. The number of piperazine rings is 1. The van der Waals surface area contributed by atoms with Crippen molar-refractivity contribution in [2.45, 2.75) is 6.36 Å². The van der Waals surface area contributed by atoms with E-state index in [-0.39, 0.29) is 34.2 Å². The van der Waals surface area contributed by atoms with Crippen LogP contribution >= 0.6 is 0 Å². The second-order valence-electron chi connectivity index (χ2n) is 8.44. The van der Waals surface area contributed by atoms with Crippen molar-refractivity contribution >= 4 is 11.6 Å². The van der Waals surface area contributed by atoms with Gasteiger partial charge in [0.05, 0.1) is 10.5 Å². The summed E-state index contributed by atoms with van der Waals surface area (Å²) >= 11 is 0. The number of hydrogen-bond acceptors (Lipinski definition) is 8. The lowest BCUT2D eigenvalue weighted by atomic mass is 10.1.